The molecule has 0 amide bonds. The topological polar surface area (TPSA) is 118 Å². The molecule has 2 aromatic heterocycles. The monoisotopic (exact) mass is 456 g/mol. The van der Waals surface area contributed by atoms with Crippen LogP contribution in [0, 0.1) is 0 Å². The van der Waals surface area contributed by atoms with Crippen LogP contribution in [-0.4, -0.2) is 45.3 Å². The molecule has 0 saturated heterocycles. The van der Waals surface area contributed by atoms with Crippen LogP contribution in [-0.2, 0) is 25.9 Å². The van der Waals surface area contributed by atoms with Crippen LogP contribution in [0.4, 0.5) is 11.6 Å². The van der Waals surface area contributed by atoms with Crippen LogP contribution in [0.5, 0.6) is 0 Å². The van der Waals surface area contributed by atoms with Gasteiger partial charge >= 0.3 is 0 Å². The van der Waals surface area contributed by atoms with Crippen LogP contribution < -0.4 is 9.80 Å². The van der Waals surface area contributed by atoms with E-state index in [9.17, 15) is 9.59 Å². The quantitative estimate of drug-likeness (QED) is 0.327. The highest BCUT2D eigenvalue weighted by molar-refractivity contribution is 6.49. The molecule has 0 saturated carbocycles. The second kappa shape index (κ2) is 8.22. The van der Waals surface area contributed by atoms with Crippen molar-refractivity contribution in [2.75, 3.05) is 22.9 Å². The van der Waals surface area contributed by atoms with Gasteiger partial charge in [0.05, 0.1) is 0 Å². The highest BCUT2D eigenvalue weighted by Gasteiger charge is 2.35. The maximum atomic E-state index is 13.2. The van der Waals surface area contributed by atoms with Gasteiger partial charge in [-0.25, -0.2) is 9.26 Å². The second-order valence-electron chi connectivity index (χ2n) is 8.41. The minimum atomic E-state index is -0.857. The maximum Gasteiger partial charge on any atom is 0.261 e. The van der Waals surface area contributed by atoms with E-state index in [2.05, 4.69) is 32.8 Å². The van der Waals surface area contributed by atoms with E-state index in [1.54, 1.807) is 0 Å². The molecular formula is C24H20N6O4. The molecule has 0 atom stereocenters. The van der Waals surface area contributed by atoms with Gasteiger partial charge in [0.25, 0.3) is 11.6 Å². The van der Waals surface area contributed by atoms with Crippen LogP contribution >= 0.6 is 0 Å². The first kappa shape index (κ1) is 20.3. The van der Waals surface area contributed by atoms with Crippen molar-refractivity contribution < 1.29 is 18.8 Å². The van der Waals surface area contributed by atoms with Crippen molar-refractivity contribution in [3.8, 4) is 0 Å². The minimum Gasteiger partial charge on any atom is -0.347 e. The number of hydrogen-bond acceptors (Lipinski definition) is 10. The third-order valence-electron chi connectivity index (χ3n) is 6.44. The maximum absolute atomic E-state index is 13.2. The fourth-order valence-corrected chi connectivity index (χ4v) is 4.64. The number of ketones is 2. The van der Waals surface area contributed by atoms with Gasteiger partial charge in [0.1, 0.15) is 0 Å². The number of aromatic nitrogens is 4. The Bertz CT molecular complexity index is 1290. The predicted octanol–water partition coefficient (Wildman–Crippen LogP) is 2.64. The molecule has 4 aromatic rings. The van der Waals surface area contributed by atoms with Crippen molar-refractivity contribution in [3.05, 3.63) is 82.2 Å². The summed E-state index contributed by atoms with van der Waals surface area (Å²) < 4.78 is 9.75. The number of hydrogen-bond donors (Lipinski definition) is 0. The molecule has 0 bridgehead atoms. The third-order valence-corrected chi connectivity index (χ3v) is 6.44. The van der Waals surface area contributed by atoms with Gasteiger partial charge in [-0.05, 0) is 55.7 Å². The van der Waals surface area contributed by atoms with Crippen molar-refractivity contribution >= 4 is 23.2 Å². The van der Waals surface area contributed by atoms with Gasteiger partial charge in [0.15, 0.2) is 0 Å². The Labute approximate surface area is 194 Å². The molecule has 0 N–H and O–H groups in total. The van der Waals surface area contributed by atoms with Gasteiger partial charge in [-0.3, -0.25) is 9.59 Å². The molecule has 10 heteroatoms. The summed E-state index contributed by atoms with van der Waals surface area (Å²) in [4.78, 5) is 30.1. The van der Waals surface area contributed by atoms with Gasteiger partial charge in [0.2, 0.25) is 23.0 Å². The number of nitrogens with zero attached hydrogens (tertiary/aromatic N) is 6. The zero-order chi connectivity index (χ0) is 23.1. The smallest absolute Gasteiger partial charge is 0.261 e. The number of carbonyl (C=O) groups excluding carboxylic acids is 2. The Morgan fingerprint density at radius 2 is 1.03 bits per heavy atom. The van der Waals surface area contributed by atoms with E-state index >= 15 is 0 Å². The minimum absolute atomic E-state index is 0.137. The van der Waals surface area contributed by atoms with Gasteiger partial charge < -0.3 is 9.80 Å². The highest BCUT2D eigenvalue weighted by Crippen LogP contribution is 2.28. The summed E-state index contributed by atoms with van der Waals surface area (Å²) >= 11 is 0. The predicted molar refractivity (Wildman–Crippen MR) is 120 cm³/mol. The van der Waals surface area contributed by atoms with Crippen molar-refractivity contribution in [3.63, 3.8) is 0 Å². The van der Waals surface area contributed by atoms with Crippen LogP contribution in [0.2, 0.25) is 0 Å². The SMILES string of the molecule is O=C(C(=O)c1nonc1N1CCc2ccccc2C1)c1nonc1N1CCc2ccccc2C1. The number of carbonyl (C=O) groups is 2. The zero-order valence-electron chi connectivity index (χ0n) is 18.2. The molecule has 0 fully saturated rings. The highest BCUT2D eigenvalue weighted by atomic mass is 16.6. The van der Waals surface area contributed by atoms with Gasteiger partial charge in [-0.2, -0.15) is 0 Å². The molecule has 6 rings (SSSR count). The lowest BCUT2D eigenvalue weighted by Crippen LogP contribution is -2.33. The summed E-state index contributed by atoms with van der Waals surface area (Å²) in [6, 6.07) is 16.2. The number of fused-ring (bicyclic) bond motifs is 2. The average Bonchev–Trinajstić information content (AvgIpc) is 3.57. The Balaban J connectivity index is 1.25. The summed E-state index contributed by atoms with van der Waals surface area (Å²) in [6.45, 7) is 2.35. The summed E-state index contributed by atoms with van der Waals surface area (Å²) in [5.41, 5.74) is 4.50. The first-order chi connectivity index (χ1) is 16.7. The first-order valence-corrected chi connectivity index (χ1v) is 11.1. The van der Waals surface area contributed by atoms with Crippen molar-refractivity contribution in [2.45, 2.75) is 25.9 Å². The van der Waals surface area contributed by atoms with Crippen LogP contribution in [0.15, 0.2) is 57.8 Å². The van der Waals surface area contributed by atoms with E-state index < -0.39 is 11.6 Å². The molecule has 2 aliphatic rings. The summed E-state index contributed by atoms with van der Waals surface area (Å²) in [5.74, 6) is -1.22. The molecular weight excluding hydrogens is 436 g/mol. The van der Waals surface area contributed by atoms with Crippen LogP contribution in [0.25, 0.3) is 0 Å². The summed E-state index contributed by atoms with van der Waals surface area (Å²) in [7, 11) is 0. The number of anilines is 2. The Morgan fingerprint density at radius 1 is 0.618 bits per heavy atom. The first-order valence-electron chi connectivity index (χ1n) is 11.1. The molecule has 2 aromatic carbocycles. The fraction of sp³-hybridized carbons (Fsp3) is 0.250. The average molecular weight is 456 g/mol. The lowest BCUT2D eigenvalue weighted by Gasteiger charge is -2.28. The van der Waals surface area contributed by atoms with Crippen LogP contribution in [0.1, 0.15) is 43.2 Å². The zero-order valence-corrected chi connectivity index (χ0v) is 18.2. The van der Waals surface area contributed by atoms with Gasteiger partial charge in [-0.1, -0.05) is 48.5 Å². The number of benzene rings is 2. The molecule has 0 radical (unpaired) electrons. The van der Waals surface area contributed by atoms with Crippen molar-refractivity contribution in [2.24, 2.45) is 0 Å². The Hall–Kier alpha value is -4.34. The largest absolute Gasteiger partial charge is 0.347 e. The molecule has 2 aliphatic heterocycles. The van der Waals surface area contributed by atoms with E-state index in [0.717, 1.165) is 24.0 Å². The van der Waals surface area contributed by atoms with E-state index in [1.165, 1.54) is 11.1 Å². The molecule has 170 valence electrons. The molecule has 34 heavy (non-hydrogen) atoms. The van der Waals surface area contributed by atoms with Crippen LogP contribution in [0.3, 0.4) is 0 Å². The lowest BCUT2D eigenvalue weighted by atomic mass is 9.99. The van der Waals surface area contributed by atoms with E-state index in [0.29, 0.717) is 26.2 Å². The van der Waals surface area contributed by atoms with E-state index in [1.807, 2.05) is 46.2 Å². The number of Topliss-reactive ketones (excluding diaryl/α,β-unsaturated/α-hetero) is 2. The van der Waals surface area contributed by atoms with Gasteiger partial charge in [-0.15, -0.1) is 0 Å². The summed E-state index contributed by atoms with van der Waals surface area (Å²) in [5, 5.41) is 15.4. The Kier molecular flexibility index (Phi) is 4.90. The molecule has 4 heterocycles. The molecule has 0 unspecified atom stereocenters. The third kappa shape index (κ3) is 3.43. The lowest BCUT2D eigenvalue weighted by molar-refractivity contribution is 0.0805. The molecule has 10 nitrogen and oxygen atoms in total. The molecule has 0 spiro atoms. The van der Waals surface area contributed by atoms with E-state index in [4.69, 9.17) is 9.26 Å². The van der Waals surface area contributed by atoms with Crippen molar-refractivity contribution in [1.82, 2.24) is 20.6 Å². The van der Waals surface area contributed by atoms with Gasteiger partial charge in [0, 0.05) is 26.2 Å². The van der Waals surface area contributed by atoms with E-state index in [-0.39, 0.29) is 23.0 Å². The second-order valence-corrected chi connectivity index (χ2v) is 8.41. The normalized spacial score (nSPS) is 15.1. The fourth-order valence-electron chi connectivity index (χ4n) is 4.64. The summed E-state index contributed by atoms with van der Waals surface area (Å²) in [6.07, 6.45) is 1.58. The standard InChI is InChI=1S/C24H20N6O4/c31-21(19-23(27-33-25-19)29-11-9-15-5-1-3-7-17(15)13-29)22(32)20-24(28-34-26-20)30-12-10-16-6-2-4-8-18(16)14-30/h1-8H,9-14H2. The molecule has 0 aliphatic carbocycles. The Morgan fingerprint density at radius 3 is 1.47 bits per heavy atom. The number of rotatable bonds is 5. The van der Waals surface area contributed by atoms with Crippen molar-refractivity contribution in [1.29, 1.82) is 0 Å².